The fraction of sp³-hybridized carbons (Fsp3) is 0.750. The highest BCUT2D eigenvalue weighted by atomic mass is 16.3. The molecule has 0 aliphatic heterocycles. The van der Waals surface area contributed by atoms with Crippen LogP contribution in [0.2, 0.25) is 0 Å². The second kappa shape index (κ2) is 7.02. The molecule has 0 radical (unpaired) electrons. The van der Waals surface area contributed by atoms with E-state index in [0.717, 1.165) is 30.3 Å². The Kier molecular flexibility index (Phi) is 5.35. The highest BCUT2D eigenvalue weighted by Crippen LogP contribution is 2.29. The van der Waals surface area contributed by atoms with E-state index in [9.17, 15) is 5.11 Å². The van der Waals surface area contributed by atoms with Gasteiger partial charge in [-0.1, -0.05) is 26.7 Å². The summed E-state index contributed by atoms with van der Waals surface area (Å²) >= 11 is 0. The lowest BCUT2D eigenvalue weighted by atomic mass is 9.80. The van der Waals surface area contributed by atoms with Crippen molar-refractivity contribution in [2.45, 2.75) is 52.4 Å². The third-order valence-corrected chi connectivity index (χ3v) is 4.29. The summed E-state index contributed by atoms with van der Waals surface area (Å²) in [5.74, 6) is 2.12. The van der Waals surface area contributed by atoms with E-state index >= 15 is 0 Å². The van der Waals surface area contributed by atoms with E-state index in [-0.39, 0.29) is 0 Å². The van der Waals surface area contributed by atoms with Crippen LogP contribution in [0, 0.1) is 18.8 Å². The first-order valence-corrected chi connectivity index (χ1v) is 7.80. The molecule has 1 aliphatic rings. The van der Waals surface area contributed by atoms with Crippen molar-refractivity contribution in [1.29, 1.82) is 0 Å². The van der Waals surface area contributed by atoms with Crippen molar-refractivity contribution in [3.63, 3.8) is 0 Å². The van der Waals surface area contributed by atoms with Crippen LogP contribution in [0.3, 0.4) is 0 Å². The van der Waals surface area contributed by atoms with Gasteiger partial charge in [-0.25, -0.2) is 9.97 Å². The average Bonchev–Trinajstić information content (AvgIpc) is 2.44. The van der Waals surface area contributed by atoms with Crippen LogP contribution in [0.25, 0.3) is 0 Å². The minimum Gasteiger partial charge on any atom is -0.396 e. The van der Waals surface area contributed by atoms with Crippen molar-refractivity contribution < 1.29 is 5.11 Å². The Labute approximate surface area is 122 Å². The molecular formula is C16H27N3O. The number of hydrogen-bond acceptors (Lipinski definition) is 4. The number of nitrogens with zero attached hydrogens (tertiary/aromatic N) is 2. The molecule has 20 heavy (non-hydrogen) atoms. The molecule has 2 N–H and O–H groups in total. The number of aryl methyl sites for hydroxylation is 1. The summed E-state index contributed by atoms with van der Waals surface area (Å²) in [6, 6.07) is 2.05. The summed E-state index contributed by atoms with van der Waals surface area (Å²) < 4.78 is 0. The zero-order valence-electron chi connectivity index (χ0n) is 12.9. The van der Waals surface area contributed by atoms with E-state index < -0.39 is 0 Å². The number of anilines is 1. The summed E-state index contributed by atoms with van der Waals surface area (Å²) in [6.07, 6.45) is 4.87. The molecule has 4 nitrogen and oxygen atoms in total. The monoisotopic (exact) mass is 277 g/mol. The molecule has 1 aliphatic carbocycles. The quantitative estimate of drug-likeness (QED) is 0.868. The highest BCUT2D eigenvalue weighted by Gasteiger charge is 2.24. The Morgan fingerprint density at radius 3 is 2.60 bits per heavy atom. The molecule has 4 heteroatoms. The lowest BCUT2D eigenvalue weighted by molar-refractivity contribution is 0.141. The molecule has 2 rings (SSSR count). The van der Waals surface area contributed by atoms with Gasteiger partial charge in [0.15, 0.2) is 0 Å². The Bertz CT molecular complexity index is 434. The first-order valence-electron chi connectivity index (χ1n) is 7.80. The molecular weight excluding hydrogens is 250 g/mol. The van der Waals surface area contributed by atoms with Crippen LogP contribution in [-0.2, 0) is 0 Å². The maximum absolute atomic E-state index is 9.46. The SMILES string of the molecule is Cc1cc(C(C)C)nc(NCC2CCCCC2CO)n1. The second-order valence-corrected chi connectivity index (χ2v) is 6.28. The first-order chi connectivity index (χ1) is 9.60. The van der Waals surface area contributed by atoms with E-state index in [1.54, 1.807) is 0 Å². The minimum atomic E-state index is 0.304. The summed E-state index contributed by atoms with van der Waals surface area (Å²) in [4.78, 5) is 9.05. The molecule has 0 bridgehead atoms. The lowest BCUT2D eigenvalue weighted by Crippen LogP contribution is -2.29. The van der Waals surface area contributed by atoms with Crippen molar-refractivity contribution in [3.05, 3.63) is 17.5 Å². The normalized spacial score (nSPS) is 23.1. The first kappa shape index (κ1) is 15.2. The molecule has 2 unspecified atom stereocenters. The van der Waals surface area contributed by atoms with Crippen LogP contribution in [-0.4, -0.2) is 28.2 Å². The molecule has 1 fully saturated rings. The van der Waals surface area contributed by atoms with Gasteiger partial charge in [0.25, 0.3) is 0 Å². The van der Waals surface area contributed by atoms with Crippen LogP contribution in [0.4, 0.5) is 5.95 Å². The van der Waals surface area contributed by atoms with E-state index in [0.29, 0.717) is 24.4 Å². The van der Waals surface area contributed by atoms with Gasteiger partial charge in [-0.2, -0.15) is 0 Å². The predicted octanol–water partition coefficient (Wildman–Crippen LogP) is 3.12. The molecule has 112 valence electrons. The maximum Gasteiger partial charge on any atom is 0.223 e. The van der Waals surface area contributed by atoms with Gasteiger partial charge in [0.05, 0.1) is 0 Å². The van der Waals surface area contributed by atoms with Gasteiger partial charge in [-0.05, 0) is 43.6 Å². The van der Waals surface area contributed by atoms with Crippen molar-refractivity contribution >= 4 is 5.95 Å². The van der Waals surface area contributed by atoms with Gasteiger partial charge in [0, 0.05) is 24.5 Å². The Morgan fingerprint density at radius 1 is 1.25 bits per heavy atom. The van der Waals surface area contributed by atoms with E-state index in [1.807, 2.05) is 13.0 Å². The topological polar surface area (TPSA) is 58.0 Å². The fourth-order valence-corrected chi connectivity index (χ4v) is 2.98. The molecule has 0 aromatic carbocycles. The minimum absolute atomic E-state index is 0.304. The number of aliphatic hydroxyl groups is 1. The van der Waals surface area contributed by atoms with Gasteiger partial charge in [0.2, 0.25) is 5.95 Å². The summed E-state index contributed by atoms with van der Waals surface area (Å²) in [7, 11) is 0. The van der Waals surface area contributed by atoms with E-state index in [4.69, 9.17) is 0 Å². The lowest BCUT2D eigenvalue weighted by Gasteiger charge is -2.30. The molecule has 1 heterocycles. The highest BCUT2D eigenvalue weighted by molar-refractivity contribution is 5.29. The summed E-state index contributed by atoms with van der Waals surface area (Å²) in [6.45, 7) is 7.48. The van der Waals surface area contributed by atoms with Crippen molar-refractivity contribution in [3.8, 4) is 0 Å². The summed E-state index contributed by atoms with van der Waals surface area (Å²) in [5, 5.41) is 12.8. The second-order valence-electron chi connectivity index (χ2n) is 6.28. The van der Waals surface area contributed by atoms with Crippen molar-refractivity contribution in [2.24, 2.45) is 11.8 Å². The standard InChI is InChI=1S/C16H27N3O/c1-11(2)15-8-12(3)18-16(19-15)17-9-13-6-4-5-7-14(13)10-20/h8,11,13-14,20H,4-7,9-10H2,1-3H3,(H,17,18,19). The molecule has 0 saturated heterocycles. The van der Waals surface area contributed by atoms with Crippen LogP contribution in [0.15, 0.2) is 6.07 Å². The number of nitrogens with one attached hydrogen (secondary N) is 1. The predicted molar refractivity (Wildman–Crippen MR) is 81.9 cm³/mol. The third-order valence-electron chi connectivity index (χ3n) is 4.29. The largest absolute Gasteiger partial charge is 0.396 e. The molecule has 0 amide bonds. The van der Waals surface area contributed by atoms with Crippen molar-refractivity contribution in [2.75, 3.05) is 18.5 Å². The number of rotatable bonds is 5. The van der Waals surface area contributed by atoms with E-state index in [1.165, 1.54) is 19.3 Å². The van der Waals surface area contributed by atoms with Gasteiger partial charge in [-0.3, -0.25) is 0 Å². The van der Waals surface area contributed by atoms with E-state index in [2.05, 4.69) is 29.1 Å². The Hall–Kier alpha value is -1.16. The third kappa shape index (κ3) is 3.92. The Balaban J connectivity index is 1.99. The van der Waals surface area contributed by atoms with Crippen molar-refractivity contribution in [1.82, 2.24) is 9.97 Å². The fourth-order valence-electron chi connectivity index (χ4n) is 2.98. The zero-order chi connectivity index (χ0) is 14.5. The van der Waals surface area contributed by atoms with Crippen LogP contribution in [0.1, 0.15) is 56.8 Å². The molecule has 1 aromatic rings. The van der Waals surface area contributed by atoms with Gasteiger partial charge >= 0.3 is 0 Å². The number of hydrogen-bond donors (Lipinski definition) is 2. The number of aromatic nitrogens is 2. The average molecular weight is 277 g/mol. The number of aliphatic hydroxyl groups excluding tert-OH is 1. The smallest absolute Gasteiger partial charge is 0.223 e. The van der Waals surface area contributed by atoms with Gasteiger partial charge in [0.1, 0.15) is 0 Å². The summed E-state index contributed by atoms with van der Waals surface area (Å²) in [5.41, 5.74) is 2.09. The molecule has 0 spiro atoms. The maximum atomic E-state index is 9.46. The van der Waals surface area contributed by atoms with Crippen LogP contribution < -0.4 is 5.32 Å². The Morgan fingerprint density at radius 2 is 1.95 bits per heavy atom. The zero-order valence-corrected chi connectivity index (χ0v) is 12.9. The molecule has 1 saturated carbocycles. The van der Waals surface area contributed by atoms with Crippen LogP contribution in [0.5, 0.6) is 0 Å². The van der Waals surface area contributed by atoms with Gasteiger partial charge < -0.3 is 10.4 Å². The molecule has 2 atom stereocenters. The van der Waals surface area contributed by atoms with Crippen LogP contribution >= 0.6 is 0 Å². The molecule has 1 aromatic heterocycles. The van der Waals surface area contributed by atoms with Gasteiger partial charge in [-0.15, -0.1) is 0 Å².